The molecule has 0 unspecified atom stereocenters. The Bertz CT molecular complexity index is 626. The van der Waals surface area contributed by atoms with Gasteiger partial charge in [-0.05, 0) is 12.1 Å². The van der Waals surface area contributed by atoms with Crippen LogP contribution in [0.1, 0.15) is 15.2 Å². The van der Waals surface area contributed by atoms with E-state index in [0.717, 1.165) is 4.70 Å². The molecule has 1 aromatic heterocycles. The zero-order chi connectivity index (χ0) is 14.7. The minimum Gasteiger partial charge on any atom is -0.395 e. The van der Waals surface area contributed by atoms with Crippen molar-refractivity contribution in [2.24, 2.45) is 0 Å². The number of aliphatic hydroxyl groups excluding tert-OH is 1. The number of likely N-dealkylation sites (N-methyl/N-ethyl adjacent to an activating group) is 1. The first kappa shape index (κ1) is 14.9. The van der Waals surface area contributed by atoms with E-state index in [0.29, 0.717) is 15.8 Å². The van der Waals surface area contributed by atoms with Gasteiger partial charge in [0, 0.05) is 36.4 Å². The standard InChI is InChI=1S/C14H16FNO3S/c1-16(6-7-17)14(18)13-9(8-19-2)12-10(15)4-3-5-11(12)20-13/h3-5,17H,6-8H2,1-2H3. The van der Waals surface area contributed by atoms with Crippen molar-refractivity contribution in [3.63, 3.8) is 0 Å². The van der Waals surface area contributed by atoms with E-state index in [1.165, 1.54) is 29.4 Å². The minimum absolute atomic E-state index is 0.110. The van der Waals surface area contributed by atoms with Crippen molar-refractivity contribution in [1.82, 2.24) is 4.90 Å². The molecule has 2 rings (SSSR count). The second-order valence-corrected chi connectivity index (χ2v) is 5.46. The average molecular weight is 297 g/mol. The van der Waals surface area contributed by atoms with E-state index in [9.17, 15) is 9.18 Å². The Kier molecular flexibility index (Phi) is 4.69. The smallest absolute Gasteiger partial charge is 0.264 e. The molecule has 1 aromatic carbocycles. The molecule has 0 fully saturated rings. The van der Waals surface area contributed by atoms with Crippen molar-refractivity contribution < 1.29 is 19.0 Å². The molecule has 2 aromatic rings. The Labute approximate surface area is 120 Å². The van der Waals surface area contributed by atoms with Gasteiger partial charge >= 0.3 is 0 Å². The van der Waals surface area contributed by atoms with Crippen LogP contribution >= 0.6 is 11.3 Å². The third kappa shape index (κ3) is 2.67. The molecule has 0 saturated heterocycles. The summed E-state index contributed by atoms with van der Waals surface area (Å²) in [6, 6.07) is 4.78. The van der Waals surface area contributed by atoms with Gasteiger partial charge in [0.15, 0.2) is 0 Å². The van der Waals surface area contributed by atoms with E-state index in [4.69, 9.17) is 9.84 Å². The van der Waals surface area contributed by atoms with Crippen molar-refractivity contribution >= 4 is 27.3 Å². The Morgan fingerprint density at radius 1 is 1.50 bits per heavy atom. The van der Waals surface area contributed by atoms with E-state index in [1.807, 2.05) is 0 Å². The van der Waals surface area contributed by atoms with Gasteiger partial charge in [0.25, 0.3) is 5.91 Å². The van der Waals surface area contributed by atoms with Gasteiger partial charge in [0.2, 0.25) is 0 Å². The first-order valence-electron chi connectivity index (χ1n) is 6.15. The molecule has 1 heterocycles. The van der Waals surface area contributed by atoms with Gasteiger partial charge in [0.1, 0.15) is 5.82 Å². The van der Waals surface area contributed by atoms with E-state index in [-0.39, 0.29) is 31.5 Å². The lowest BCUT2D eigenvalue weighted by molar-refractivity contribution is 0.0767. The predicted molar refractivity (Wildman–Crippen MR) is 76.5 cm³/mol. The van der Waals surface area contributed by atoms with Gasteiger partial charge in [0.05, 0.1) is 18.1 Å². The Morgan fingerprint density at radius 3 is 2.90 bits per heavy atom. The van der Waals surface area contributed by atoms with Crippen LogP contribution < -0.4 is 0 Å². The van der Waals surface area contributed by atoms with E-state index in [2.05, 4.69) is 0 Å². The fourth-order valence-corrected chi connectivity index (χ4v) is 3.26. The fraction of sp³-hybridized carbons (Fsp3) is 0.357. The second-order valence-electron chi connectivity index (χ2n) is 4.41. The van der Waals surface area contributed by atoms with E-state index in [1.54, 1.807) is 19.2 Å². The topological polar surface area (TPSA) is 49.8 Å². The van der Waals surface area contributed by atoms with Crippen molar-refractivity contribution in [1.29, 1.82) is 0 Å². The Hall–Kier alpha value is -1.50. The maximum atomic E-state index is 14.0. The van der Waals surface area contributed by atoms with E-state index >= 15 is 0 Å². The number of hydrogen-bond donors (Lipinski definition) is 1. The number of rotatable bonds is 5. The lowest BCUT2D eigenvalue weighted by atomic mass is 10.1. The molecule has 1 amide bonds. The number of amides is 1. The molecule has 6 heteroatoms. The third-order valence-corrected chi connectivity index (χ3v) is 4.21. The van der Waals surface area contributed by atoms with Crippen LogP contribution in [-0.2, 0) is 11.3 Å². The van der Waals surface area contributed by atoms with Crippen molar-refractivity contribution in [3.8, 4) is 0 Å². The largest absolute Gasteiger partial charge is 0.395 e. The molecular formula is C14H16FNO3S. The summed E-state index contributed by atoms with van der Waals surface area (Å²) in [5, 5.41) is 9.36. The number of fused-ring (bicyclic) bond motifs is 1. The average Bonchev–Trinajstić information content (AvgIpc) is 2.79. The van der Waals surface area contributed by atoms with Crippen LogP contribution in [0.4, 0.5) is 4.39 Å². The number of carbonyl (C=O) groups is 1. The highest BCUT2D eigenvalue weighted by atomic mass is 32.1. The number of methoxy groups -OCH3 is 1. The number of halogens is 1. The molecule has 0 radical (unpaired) electrons. The SMILES string of the molecule is COCc1c(C(=O)N(C)CCO)sc2cccc(F)c12. The fourth-order valence-electron chi connectivity index (χ4n) is 2.05. The highest BCUT2D eigenvalue weighted by Gasteiger charge is 2.22. The number of thiophene rings is 1. The molecule has 0 saturated carbocycles. The lowest BCUT2D eigenvalue weighted by Gasteiger charge is -2.15. The Balaban J connectivity index is 2.55. The maximum Gasteiger partial charge on any atom is 0.264 e. The summed E-state index contributed by atoms with van der Waals surface area (Å²) in [4.78, 5) is 14.2. The molecule has 1 N–H and O–H groups in total. The van der Waals surface area contributed by atoms with Gasteiger partial charge in [-0.2, -0.15) is 0 Å². The lowest BCUT2D eigenvalue weighted by Crippen LogP contribution is -2.29. The highest BCUT2D eigenvalue weighted by Crippen LogP contribution is 2.34. The molecule has 4 nitrogen and oxygen atoms in total. The summed E-state index contributed by atoms with van der Waals surface area (Å²) in [6.07, 6.45) is 0. The van der Waals surface area contributed by atoms with Crippen molar-refractivity contribution in [2.75, 3.05) is 27.3 Å². The van der Waals surface area contributed by atoms with Crippen LogP contribution in [0.2, 0.25) is 0 Å². The van der Waals surface area contributed by atoms with Gasteiger partial charge < -0.3 is 14.7 Å². The van der Waals surface area contributed by atoms with Crippen LogP contribution in [0.3, 0.4) is 0 Å². The number of aliphatic hydroxyl groups is 1. The molecule has 0 aliphatic heterocycles. The minimum atomic E-state index is -0.352. The molecule has 0 aliphatic rings. The van der Waals surface area contributed by atoms with Gasteiger partial charge in [-0.15, -0.1) is 11.3 Å². The second kappa shape index (κ2) is 6.30. The Morgan fingerprint density at radius 2 is 2.25 bits per heavy atom. The summed E-state index contributed by atoms with van der Waals surface area (Å²) in [5.41, 5.74) is 0.570. The molecular weight excluding hydrogens is 281 g/mol. The van der Waals surface area contributed by atoms with Gasteiger partial charge in [-0.25, -0.2) is 4.39 Å². The summed E-state index contributed by atoms with van der Waals surface area (Å²) in [6.45, 7) is 0.304. The first-order chi connectivity index (χ1) is 9.60. The van der Waals surface area contributed by atoms with Crippen LogP contribution in [0.5, 0.6) is 0 Å². The number of nitrogens with zero attached hydrogens (tertiary/aromatic N) is 1. The number of ether oxygens (including phenoxy) is 1. The van der Waals surface area contributed by atoms with Crippen LogP contribution in [-0.4, -0.2) is 43.2 Å². The van der Waals surface area contributed by atoms with Crippen molar-refractivity contribution in [2.45, 2.75) is 6.61 Å². The maximum absolute atomic E-state index is 14.0. The summed E-state index contributed by atoms with van der Waals surface area (Å²) in [7, 11) is 3.12. The first-order valence-corrected chi connectivity index (χ1v) is 6.97. The third-order valence-electron chi connectivity index (χ3n) is 3.03. The van der Waals surface area contributed by atoms with Crippen LogP contribution in [0.15, 0.2) is 18.2 Å². The van der Waals surface area contributed by atoms with E-state index < -0.39 is 0 Å². The molecule has 0 spiro atoms. The normalized spacial score (nSPS) is 11.0. The monoisotopic (exact) mass is 297 g/mol. The van der Waals surface area contributed by atoms with Crippen LogP contribution in [0, 0.1) is 5.82 Å². The predicted octanol–water partition coefficient (Wildman–Crippen LogP) is 2.25. The van der Waals surface area contributed by atoms with Gasteiger partial charge in [-0.1, -0.05) is 6.07 Å². The number of hydrogen-bond acceptors (Lipinski definition) is 4. The zero-order valence-corrected chi connectivity index (χ0v) is 12.2. The zero-order valence-electron chi connectivity index (χ0n) is 11.4. The molecule has 0 aliphatic carbocycles. The molecule has 0 atom stereocenters. The molecule has 20 heavy (non-hydrogen) atoms. The van der Waals surface area contributed by atoms with Crippen LogP contribution in [0.25, 0.3) is 10.1 Å². The highest BCUT2D eigenvalue weighted by molar-refractivity contribution is 7.21. The molecule has 0 bridgehead atoms. The summed E-state index contributed by atoms with van der Waals surface area (Å²) >= 11 is 1.25. The number of benzene rings is 1. The molecule has 108 valence electrons. The van der Waals surface area contributed by atoms with Gasteiger partial charge in [-0.3, -0.25) is 4.79 Å². The van der Waals surface area contributed by atoms with Crippen molar-refractivity contribution in [3.05, 3.63) is 34.5 Å². The summed E-state index contributed by atoms with van der Waals surface area (Å²) < 4.78 is 19.8. The number of carbonyl (C=O) groups excluding carboxylic acids is 1. The quantitative estimate of drug-likeness (QED) is 0.921. The summed E-state index contributed by atoms with van der Waals surface area (Å²) in [5.74, 6) is -0.582.